The number of amides is 1. The highest BCUT2D eigenvalue weighted by Gasteiger charge is 2.13. The van der Waals surface area contributed by atoms with Gasteiger partial charge in [0.15, 0.2) is 0 Å². The molecule has 0 saturated heterocycles. The van der Waals surface area contributed by atoms with Crippen molar-refractivity contribution in [3.8, 4) is 11.5 Å². The first-order valence-electron chi connectivity index (χ1n) is 8.61. The van der Waals surface area contributed by atoms with E-state index in [4.69, 9.17) is 9.47 Å². The molecule has 0 aliphatic heterocycles. The molecule has 9 heteroatoms. The van der Waals surface area contributed by atoms with E-state index in [0.29, 0.717) is 48.0 Å². The average Bonchev–Trinajstić information content (AvgIpc) is 3.02. The van der Waals surface area contributed by atoms with E-state index in [-0.39, 0.29) is 11.7 Å². The third-order valence-electron chi connectivity index (χ3n) is 3.21. The molecular formula is C17H25N5O3S. The molecule has 1 aromatic heterocycles. The maximum absolute atomic E-state index is 12.4. The van der Waals surface area contributed by atoms with Crippen molar-refractivity contribution >= 4 is 23.4 Å². The van der Waals surface area contributed by atoms with Crippen molar-refractivity contribution in [3.63, 3.8) is 0 Å². The van der Waals surface area contributed by atoms with E-state index in [9.17, 15) is 4.79 Å². The Bertz CT molecular complexity index is 720. The molecule has 0 aliphatic carbocycles. The molecule has 0 saturated carbocycles. The molecule has 0 spiro atoms. The standard InChI is InChI=1S/C17H25N5O3S/c1-5-24-13-7-8-15(25-6-2)14(9-13)18-16(23)11-26-17-19-20-21-22(17)10-12(3)4/h7-9,12H,5-6,10-11H2,1-4H3,(H,18,23). The van der Waals surface area contributed by atoms with Gasteiger partial charge in [0, 0.05) is 12.6 Å². The van der Waals surface area contributed by atoms with Crippen molar-refractivity contribution in [2.75, 3.05) is 24.3 Å². The number of aromatic nitrogens is 4. The number of rotatable bonds is 10. The Balaban J connectivity index is 2.00. The predicted molar refractivity (Wildman–Crippen MR) is 101 cm³/mol. The number of carbonyl (C=O) groups excluding carboxylic acids is 1. The highest BCUT2D eigenvalue weighted by atomic mass is 32.2. The number of hydrogen-bond acceptors (Lipinski definition) is 7. The third-order valence-corrected chi connectivity index (χ3v) is 4.16. The molecule has 2 rings (SSSR count). The molecule has 2 aromatic rings. The molecule has 1 amide bonds. The van der Waals surface area contributed by atoms with E-state index in [2.05, 4.69) is 34.7 Å². The SMILES string of the molecule is CCOc1ccc(OCC)c(NC(=O)CSc2nnnn2CC(C)C)c1. The smallest absolute Gasteiger partial charge is 0.234 e. The number of nitrogens with zero attached hydrogens (tertiary/aromatic N) is 4. The van der Waals surface area contributed by atoms with Crippen LogP contribution in [0.2, 0.25) is 0 Å². The van der Waals surface area contributed by atoms with Gasteiger partial charge in [0.25, 0.3) is 0 Å². The number of nitrogens with one attached hydrogen (secondary N) is 1. The molecule has 0 bridgehead atoms. The third kappa shape index (κ3) is 5.91. The molecule has 0 unspecified atom stereocenters. The highest BCUT2D eigenvalue weighted by Crippen LogP contribution is 2.29. The van der Waals surface area contributed by atoms with E-state index < -0.39 is 0 Å². The Kier molecular flexibility index (Phi) is 7.71. The quantitative estimate of drug-likeness (QED) is 0.635. The van der Waals surface area contributed by atoms with Gasteiger partial charge >= 0.3 is 0 Å². The lowest BCUT2D eigenvalue weighted by molar-refractivity contribution is -0.113. The first kappa shape index (κ1) is 20.0. The van der Waals surface area contributed by atoms with Crippen molar-refractivity contribution < 1.29 is 14.3 Å². The average molecular weight is 379 g/mol. The van der Waals surface area contributed by atoms with Crippen LogP contribution in [0.1, 0.15) is 27.7 Å². The molecule has 1 aromatic carbocycles. The van der Waals surface area contributed by atoms with Crippen LogP contribution in [0, 0.1) is 5.92 Å². The van der Waals surface area contributed by atoms with Crippen LogP contribution < -0.4 is 14.8 Å². The van der Waals surface area contributed by atoms with Gasteiger partial charge in [-0.1, -0.05) is 25.6 Å². The maximum Gasteiger partial charge on any atom is 0.234 e. The van der Waals surface area contributed by atoms with Crippen LogP contribution >= 0.6 is 11.8 Å². The lowest BCUT2D eigenvalue weighted by Crippen LogP contribution is -2.16. The summed E-state index contributed by atoms with van der Waals surface area (Å²) >= 11 is 1.30. The minimum Gasteiger partial charge on any atom is -0.494 e. The molecule has 1 heterocycles. The van der Waals surface area contributed by atoms with Crippen LogP contribution in [0.15, 0.2) is 23.4 Å². The molecule has 26 heavy (non-hydrogen) atoms. The van der Waals surface area contributed by atoms with Gasteiger partial charge in [0.1, 0.15) is 11.5 Å². The van der Waals surface area contributed by atoms with Crippen LogP contribution in [-0.2, 0) is 11.3 Å². The Morgan fingerprint density at radius 3 is 2.73 bits per heavy atom. The van der Waals surface area contributed by atoms with E-state index in [0.717, 1.165) is 0 Å². The lowest BCUT2D eigenvalue weighted by Gasteiger charge is -2.13. The van der Waals surface area contributed by atoms with E-state index >= 15 is 0 Å². The minimum atomic E-state index is -0.163. The van der Waals surface area contributed by atoms with Gasteiger partial charge < -0.3 is 14.8 Å². The molecule has 0 aliphatic rings. The zero-order chi connectivity index (χ0) is 18.9. The minimum absolute atomic E-state index is 0.163. The van der Waals surface area contributed by atoms with Gasteiger partial charge in [-0.2, -0.15) is 0 Å². The number of benzene rings is 1. The molecule has 8 nitrogen and oxygen atoms in total. The second kappa shape index (κ2) is 10.0. The highest BCUT2D eigenvalue weighted by molar-refractivity contribution is 7.99. The van der Waals surface area contributed by atoms with Gasteiger partial charge in [-0.25, -0.2) is 4.68 Å². The fourth-order valence-corrected chi connectivity index (χ4v) is 2.91. The fraction of sp³-hybridized carbons (Fsp3) is 0.529. The van der Waals surface area contributed by atoms with Crippen molar-refractivity contribution in [1.82, 2.24) is 20.2 Å². The van der Waals surface area contributed by atoms with E-state index in [1.165, 1.54) is 11.8 Å². The summed E-state index contributed by atoms with van der Waals surface area (Å²) in [5.74, 6) is 1.74. The summed E-state index contributed by atoms with van der Waals surface area (Å²) in [4.78, 5) is 12.4. The second-order valence-corrected chi connectivity index (χ2v) is 6.84. The van der Waals surface area contributed by atoms with E-state index in [1.807, 2.05) is 19.9 Å². The van der Waals surface area contributed by atoms with Gasteiger partial charge in [-0.05, 0) is 42.3 Å². The van der Waals surface area contributed by atoms with E-state index in [1.54, 1.807) is 16.8 Å². The first-order chi connectivity index (χ1) is 12.5. The molecule has 142 valence electrons. The molecule has 0 atom stereocenters. The Labute approximate surface area is 157 Å². The fourth-order valence-electron chi connectivity index (χ4n) is 2.22. The summed E-state index contributed by atoms with van der Waals surface area (Å²) in [6, 6.07) is 5.37. The van der Waals surface area contributed by atoms with Crippen molar-refractivity contribution in [2.24, 2.45) is 5.92 Å². The summed E-state index contributed by atoms with van der Waals surface area (Å²) in [6.45, 7) is 9.75. The number of ether oxygens (including phenoxy) is 2. The molecule has 0 fully saturated rings. The number of thioether (sulfide) groups is 1. The summed E-state index contributed by atoms with van der Waals surface area (Å²) in [5, 5.41) is 15.1. The van der Waals surface area contributed by atoms with Gasteiger partial charge in [0.05, 0.1) is 24.7 Å². The van der Waals surface area contributed by atoms with Gasteiger partial charge in [-0.3, -0.25) is 4.79 Å². The summed E-state index contributed by atoms with van der Waals surface area (Å²) < 4.78 is 12.8. The summed E-state index contributed by atoms with van der Waals surface area (Å²) in [7, 11) is 0. The zero-order valence-electron chi connectivity index (χ0n) is 15.6. The molecule has 1 N–H and O–H groups in total. The van der Waals surface area contributed by atoms with Crippen LogP contribution in [0.25, 0.3) is 0 Å². The zero-order valence-corrected chi connectivity index (χ0v) is 16.4. The Morgan fingerprint density at radius 2 is 2.04 bits per heavy atom. The van der Waals surface area contributed by atoms with Gasteiger partial charge in [0.2, 0.25) is 11.1 Å². The number of anilines is 1. The second-order valence-electron chi connectivity index (χ2n) is 5.90. The number of tetrazole rings is 1. The summed E-state index contributed by atoms with van der Waals surface area (Å²) in [5.41, 5.74) is 0.588. The van der Waals surface area contributed by atoms with Crippen molar-refractivity contribution in [2.45, 2.75) is 39.4 Å². The van der Waals surface area contributed by atoms with Crippen LogP contribution in [0.4, 0.5) is 5.69 Å². The number of hydrogen-bond donors (Lipinski definition) is 1. The van der Waals surface area contributed by atoms with Crippen molar-refractivity contribution in [1.29, 1.82) is 0 Å². The van der Waals surface area contributed by atoms with Crippen LogP contribution in [0.5, 0.6) is 11.5 Å². The predicted octanol–water partition coefficient (Wildman–Crippen LogP) is 2.86. The van der Waals surface area contributed by atoms with Crippen LogP contribution in [-0.4, -0.2) is 45.1 Å². The van der Waals surface area contributed by atoms with Crippen molar-refractivity contribution in [3.05, 3.63) is 18.2 Å². The number of carbonyl (C=O) groups is 1. The Hall–Kier alpha value is -2.29. The largest absolute Gasteiger partial charge is 0.494 e. The Morgan fingerprint density at radius 1 is 1.27 bits per heavy atom. The summed E-state index contributed by atoms with van der Waals surface area (Å²) in [6.07, 6.45) is 0. The van der Waals surface area contributed by atoms with Gasteiger partial charge in [-0.15, -0.1) is 5.10 Å². The maximum atomic E-state index is 12.4. The lowest BCUT2D eigenvalue weighted by atomic mass is 10.2. The molecular weight excluding hydrogens is 354 g/mol. The molecule has 0 radical (unpaired) electrons. The first-order valence-corrected chi connectivity index (χ1v) is 9.60. The topological polar surface area (TPSA) is 91.2 Å². The normalized spacial score (nSPS) is 10.8. The monoisotopic (exact) mass is 379 g/mol. The van der Waals surface area contributed by atoms with Crippen LogP contribution in [0.3, 0.4) is 0 Å².